The number of ether oxygens (including phenoxy) is 2. The van der Waals surface area contributed by atoms with Crippen LogP contribution in [0.1, 0.15) is 49.4 Å². The molecule has 9 nitrogen and oxygen atoms in total. The topological polar surface area (TPSA) is 96.9 Å². The number of aromatic nitrogens is 2. The Bertz CT molecular complexity index is 1120. The monoisotopic (exact) mass is 493 g/mol. The van der Waals surface area contributed by atoms with E-state index >= 15 is 0 Å². The van der Waals surface area contributed by atoms with Crippen molar-refractivity contribution in [2.45, 2.75) is 57.5 Å². The number of benzene rings is 1. The van der Waals surface area contributed by atoms with Gasteiger partial charge in [0.05, 0.1) is 24.6 Å². The van der Waals surface area contributed by atoms with Crippen LogP contribution in [0.25, 0.3) is 0 Å². The van der Waals surface area contributed by atoms with Gasteiger partial charge in [0.25, 0.3) is 0 Å². The third-order valence-corrected chi connectivity index (χ3v) is 6.29. The molecule has 2 heterocycles. The molecule has 188 valence electrons. The van der Waals surface area contributed by atoms with E-state index in [4.69, 9.17) is 0 Å². The van der Waals surface area contributed by atoms with Crippen molar-refractivity contribution in [3.63, 3.8) is 0 Å². The fourth-order valence-electron chi connectivity index (χ4n) is 4.64. The molecule has 1 amide bonds. The van der Waals surface area contributed by atoms with Crippen molar-refractivity contribution in [2.75, 3.05) is 29.3 Å². The smallest absolute Gasteiger partial charge is 0.465 e. The molecular weight excluding hydrogens is 467 g/mol. The average molecular weight is 493 g/mol. The largest absolute Gasteiger partial charge is 0.573 e. The van der Waals surface area contributed by atoms with Crippen LogP contribution < -0.4 is 19.9 Å². The SMILES string of the molecule is CC[C@@H]1C(=O)N(C)c2cnc(Nc3ccc(C(=O)OC)cc3OC(F)(F)F)nc2N1C1CCCC1. The summed E-state index contributed by atoms with van der Waals surface area (Å²) in [5.74, 6) is -0.905. The van der Waals surface area contributed by atoms with E-state index in [2.05, 4.69) is 24.8 Å². The lowest BCUT2D eigenvalue weighted by atomic mass is 10.0. The molecule has 0 saturated heterocycles. The molecule has 1 atom stereocenters. The summed E-state index contributed by atoms with van der Waals surface area (Å²) in [6.07, 6.45) is 1.04. The Kier molecular flexibility index (Phi) is 6.73. The first-order valence-electron chi connectivity index (χ1n) is 11.3. The quantitative estimate of drug-likeness (QED) is 0.592. The van der Waals surface area contributed by atoms with Gasteiger partial charge in [0.15, 0.2) is 11.6 Å². The summed E-state index contributed by atoms with van der Waals surface area (Å²) in [4.78, 5) is 37.2. The number of nitrogens with zero attached hydrogens (tertiary/aromatic N) is 4. The molecule has 2 aliphatic rings. The maximum atomic E-state index is 13.0. The third-order valence-electron chi connectivity index (χ3n) is 6.29. The molecule has 0 spiro atoms. The lowest BCUT2D eigenvalue weighted by molar-refractivity contribution is -0.274. The van der Waals surface area contributed by atoms with Gasteiger partial charge in [-0.25, -0.2) is 9.78 Å². The van der Waals surface area contributed by atoms with Gasteiger partial charge in [-0.2, -0.15) is 4.98 Å². The lowest BCUT2D eigenvalue weighted by Gasteiger charge is -2.43. The Balaban J connectivity index is 1.73. The van der Waals surface area contributed by atoms with Crippen LogP contribution in [0.5, 0.6) is 5.75 Å². The maximum absolute atomic E-state index is 13.0. The number of carbonyl (C=O) groups excluding carboxylic acids is 2. The van der Waals surface area contributed by atoms with Crippen LogP contribution in [0.15, 0.2) is 24.4 Å². The summed E-state index contributed by atoms with van der Waals surface area (Å²) in [5.41, 5.74) is 0.335. The summed E-state index contributed by atoms with van der Waals surface area (Å²) in [7, 11) is 2.79. The molecule has 12 heteroatoms. The number of fused-ring (bicyclic) bond motifs is 1. The van der Waals surface area contributed by atoms with Gasteiger partial charge in [-0.05, 0) is 37.5 Å². The number of rotatable bonds is 6. The van der Waals surface area contributed by atoms with Crippen molar-refractivity contribution in [1.29, 1.82) is 0 Å². The minimum Gasteiger partial charge on any atom is -0.465 e. The van der Waals surface area contributed by atoms with Crippen molar-refractivity contribution >= 4 is 35.0 Å². The molecule has 0 bridgehead atoms. The van der Waals surface area contributed by atoms with Gasteiger partial charge < -0.3 is 24.6 Å². The molecule has 1 aromatic carbocycles. The first kappa shape index (κ1) is 24.6. The minimum atomic E-state index is -4.99. The average Bonchev–Trinajstić information content (AvgIpc) is 3.35. The number of methoxy groups -OCH3 is 1. The van der Waals surface area contributed by atoms with E-state index in [9.17, 15) is 22.8 Å². The van der Waals surface area contributed by atoms with Crippen molar-refractivity contribution in [1.82, 2.24) is 9.97 Å². The molecule has 0 unspecified atom stereocenters. The van der Waals surface area contributed by atoms with Gasteiger partial charge in [-0.3, -0.25) is 4.79 Å². The van der Waals surface area contributed by atoms with Crippen LogP contribution in [-0.4, -0.2) is 54.4 Å². The zero-order chi connectivity index (χ0) is 25.3. The van der Waals surface area contributed by atoms with Crippen molar-refractivity contribution < 1.29 is 32.2 Å². The van der Waals surface area contributed by atoms with Crippen LogP contribution in [0.3, 0.4) is 0 Å². The first-order chi connectivity index (χ1) is 16.6. The normalized spacial score (nSPS) is 18.5. The van der Waals surface area contributed by atoms with Gasteiger partial charge in [0.1, 0.15) is 11.7 Å². The molecule has 1 fully saturated rings. The van der Waals surface area contributed by atoms with E-state index < -0.39 is 18.1 Å². The molecule has 35 heavy (non-hydrogen) atoms. The Hall–Kier alpha value is -3.57. The number of halogens is 3. The first-order valence-corrected chi connectivity index (χ1v) is 11.3. The molecular formula is C23H26F3N5O4. The highest BCUT2D eigenvalue weighted by Gasteiger charge is 2.41. The Morgan fingerprint density at radius 1 is 1.26 bits per heavy atom. The summed E-state index contributed by atoms with van der Waals surface area (Å²) in [5, 5.41) is 2.77. The second kappa shape index (κ2) is 9.59. The fraction of sp³-hybridized carbons (Fsp3) is 0.478. The number of hydrogen-bond acceptors (Lipinski definition) is 8. The van der Waals surface area contributed by atoms with Crippen LogP contribution in [0, 0.1) is 0 Å². The third kappa shape index (κ3) is 4.96. The minimum absolute atomic E-state index is 0.0298. The number of carbonyl (C=O) groups is 2. The Morgan fingerprint density at radius 3 is 2.60 bits per heavy atom. The predicted molar refractivity (Wildman–Crippen MR) is 122 cm³/mol. The van der Waals surface area contributed by atoms with Gasteiger partial charge in [-0.1, -0.05) is 19.8 Å². The number of amides is 1. The molecule has 1 N–H and O–H groups in total. The fourth-order valence-corrected chi connectivity index (χ4v) is 4.64. The zero-order valence-electron chi connectivity index (χ0n) is 19.6. The Labute approximate surface area is 200 Å². The highest BCUT2D eigenvalue weighted by molar-refractivity contribution is 6.04. The van der Waals surface area contributed by atoms with Crippen molar-refractivity contribution in [3.05, 3.63) is 30.0 Å². The van der Waals surface area contributed by atoms with Gasteiger partial charge in [0, 0.05) is 13.1 Å². The van der Waals surface area contributed by atoms with E-state index in [0.29, 0.717) is 17.9 Å². The number of alkyl halides is 3. The number of likely N-dealkylation sites (N-methyl/N-ethyl adjacent to an activating group) is 1. The van der Waals surface area contributed by atoms with Crippen LogP contribution in [-0.2, 0) is 9.53 Å². The van der Waals surface area contributed by atoms with E-state index in [0.717, 1.165) is 38.9 Å². The van der Waals surface area contributed by atoms with Gasteiger partial charge in [-0.15, -0.1) is 13.2 Å². The van der Waals surface area contributed by atoms with E-state index in [-0.39, 0.29) is 35.2 Å². The highest BCUT2D eigenvalue weighted by atomic mass is 19.4. The molecule has 2 aromatic rings. The Morgan fingerprint density at radius 2 is 1.97 bits per heavy atom. The number of anilines is 4. The van der Waals surface area contributed by atoms with Crippen molar-refractivity contribution in [3.8, 4) is 5.75 Å². The van der Waals surface area contributed by atoms with Gasteiger partial charge >= 0.3 is 12.3 Å². The van der Waals surface area contributed by atoms with E-state index in [1.165, 1.54) is 23.2 Å². The molecule has 1 aliphatic carbocycles. The number of nitrogens with one attached hydrogen (secondary N) is 1. The second-order valence-electron chi connectivity index (χ2n) is 8.44. The van der Waals surface area contributed by atoms with Gasteiger partial charge in [0.2, 0.25) is 11.9 Å². The van der Waals surface area contributed by atoms with Crippen LogP contribution in [0.2, 0.25) is 0 Å². The molecule has 1 aliphatic heterocycles. The number of esters is 1. The summed E-state index contributed by atoms with van der Waals surface area (Å²) >= 11 is 0. The van der Waals surface area contributed by atoms with Crippen LogP contribution >= 0.6 is 0 Å². The summed E-state index contributed by atoms with van der Waals surface area (Å²) < 4.78 is 47.8. The zero-order valence-corrected chi connectivity index (χ0v) is 19.6. The number of hydrogen-bond donors (Lipinski definition) is 1. The standard InChI is InChI=1S/C23H26F3N5O4/c1-4-16-20(32)30(2)17-12-27-22(29-19(17)31(16)14-7-5-6-8-14)28-15-10-9-13(21(33)34-3)11-18(15)35-23(24,25)26/h9-12,14,16H,4-8H2,1-3H3,(H,27,28,29)/t16-/m1/s1. The van der Waals surface area contributed by atoms with E-state index in [1.807, 2.05) is 11.8 Å². The molecule has 1 saturated carbocycles. The van der Waals surface area contributed by atoms with E-state index in [1.54, 1.807) is 7.05 Å². The molecule has 0 radical (unpaired) electrons. The van der Waals surface area contributed by atoms with Crippen LogP contribution in [0.4, 0.5) is 36.3 Å². The second-order valence-corrected chi connectivity index (χ2v) is 8.44. The predicted octanol–water partition coefficient (Wildman–Crippen LogP) is 4.41. The molecule has 4 rings (SSSR count). The molecule has 1 aromatic heterocycles. The summed E-state index contributed by atoms with van der Waals surface area (Å²) in [6.45, 7) is 1.94. The highest BCUT2D eigenvalue weighted by Crippen LogP contribution is 2.40. The summed E-state index contributed by atoms with van der Waals surface area (Å²) in [6, 6.07) is 3.25. The lowest BCUT2D eigenvalue weighted by Crippen LogP contribution is -2.55. The van der Waals surface area contributed by atoms with Crippen molar-refractivity contribution in [2.24, 2.45) is 0 Å². The maximum Gasteiger partial charge on any atom is 0.573 e.